The number of carboxylic acid groups (broad SMARTS) is 1. The predicted molar refractivity (Wildman–Crippen MR) is 61.3 cm³/mol. The predicted octanol–water partition coefficient (Wildman–Crippen LogP) is -0.0678. The van der Waals surface area contributed by atoms with Crippen LogP contribution in [0.15, 0.2) is 6.33 Å². The van der Waals surface area contributed by atoms with Gasteiger partial charge < -0.3 is 10.4 Å². The molecule has 2 N–H and O–H groups in total. The second-order valence-electron chi connectivity index (χ2n) is 4.53. The van der Waals surface area contributed by atoms with Crippen LogP contribution in [0.2, 0.25) is 0 Å². The first kappa shape index (κ1) is 12.5. The van der Waals surface area contributed by atoms with Gasteiger partial charge in [-0.2, -0.15) is 5.10 Å². The SMILES string of the molecule is Cn1cnc(CNC(=O)[C@@H]2CCC[C@@H]2C(=O)O)n1. The summed E-state index contributed by atoms with van der Waals surface area (Å²) < 4.78 is 1.55. The van der Waals surface area contributed by atoms with Crippen molar-refractivity contribution in [1.29, 1.82) is 0 Å². The normalized spacial score (nSPS) is 22.9. The van der Waals surface area contributed by atoms with Crippen molar-refractivity contribution >= 4 is 11.9 Å². The number of hydrogen-bond acceptors (Lipinski definition) is 4. The van der Waals surface area contributed by atoms with Gasteiger partial charge in [0.15, 0.2) is 5.82 Å². The highest BCUT2D eigenvalue weighted by atomic mass is 16.4. The standard InChI is InChI=1S/C11H16N4O3/c1-15-6-13-9(14-15)5-12-10(16)7-3-2-4-8(7)11(17)18/h6-8H,2-5H2,1H3,(H,12,16)(H,17,18)/t7-,8+/m1/s1. The summed E-state index contributed by atoms with van der Waals surface area (Å²) in [5.41, 5.74) is 0. The second-order valence-corrected chi connectivity index (χ2v) is 4.53. The minimum Gasteiger partial charge on any atom is -0.481 e. The van der Waals surface area contributed by atoms with Crippen molar-refractivity contribution in [2.45, 2.75) is 25.8 Å². The van der Waals surface area contributed by atoms with Crippen LogP contribution < -0.4 is 5.32 Å². The van der Waals surface area contributed by atoms with Crippen molar-refractivity contribution < 1.29 is 14.7 Å². The first-order valence-electron chi connectivity index (χ1n) is 5.93. The molecule has 2 atom stereocenters. The van der Waals surface area contributed by atoms with Crippen molar-refractivity contribution in [3.8, 4) is 0 Å². The Morgan fingerprint density at radius 1 is 1.50 bits per heavy atom. The number of aromatic nitrogens is 3. The molecule has 1 aliphatic carbocycles. The minimum atomic E-state index is -0.886. The molecular weight excluding hydrogens is 236 g/mol. The van der Waals surface area contributed by atoms with Gasteiger partial charge in [0.1, 0.15) is 6.33 Å². The fourth-order valence-corrected chi connectivity index (χ4v) is 2.33. The maximum absolute atomic E-state index is 11.9. The first-order chi connectivity index (χ1) is 8.58. The van der Waals surface area contributed by atoms with E-state index in [2.05, 4.69) is 15.4 Å². The molecule has 7 nitrogen and oxygen atoms in total. The topological polar surface area (TPSA) is 97.1 Å². The van der Waals surface area contributed by atoms with Gasteiger partial charge in [-0.05, 0) is 12.8 Å². The van der Waals surface area contributed by atoms with Crippen molar-refractivity contribution in [3.63, 3.8) is 0 Å². The zero-order valence-electron chi connectivity index (χ0n) is 10.2. The fourth-order valence-electron chi connectivity index (χ4n) is 2.33. The molecule has 1 aromatic rings. The summed E-state index contributed by atoms with van der Waals surface area (Å²) in [5, 5.41) is 15.7. The van der Waals surface area contributed by atoms with E-state index in [1.54, 1.807) is 18.1 Å². The highest BCUT2D eigenvalue weighted by Gasteiger charge is 2.37. The maximum atomic E-state index is 11.9. The molecule has 0 spiro atoms. The molecule has 0 aliphatic heterocycles. The van der Waals surface area contributed by atoms with E-state index in [9.17, 15) is 9.59 Å². The van der Waals surface area contributed by atoms with Crippen molar-refractivity contribution in [2.75, 3.05) is 0 Å². The van der Waals surface area contributed by atoms with E-state index in [0.717, 1.165) is 6.42 Å². The van der Waals surface area contributed by atoms with Gasteiger partial charge in [0.2, 0.25) is 5.91 Å². The quantitative estimate of drug-likeness (QED) is 0.782. The molecule has 18 heavy (non-hydrogen) atoms. The van der Waals surface area contributed by atoms with E-state index in [0.29, 0.717) is 18.7 Å². The third-order valence-corrected chi connectivity index (χ3v) is 3.24. The minimum absolute atomic E-state index is 0.215. The number of nitrogens with one attached hydrogen (secondary N) is 1. The highest BCUT2D eigenvalue weighted by Crippen LogP contribution is 2.31. The van der Waals surface area contributed by atoms with Crippen LogP contribution in [0.1, 0.15) is 25.1 Å². The monoisotopic (exact) mass is 252 g/mol. The lowest BCUT2D eigenvalue weighted by Crippen LogP contribution is -2.35. The molecule has 0 saturated heterocycles. The van der Waals surface area contributed by atoms with Gasteiger partial charge >= 0.3 is 5.97 Å². The third kappa shape index (κ3) is 2.66. The molecule has 1 aliphatic rings. The number of rotatable bonds is 4. The number of aliphatic carboxylic acids is 1. The number of amides is 1. The Balaban J connectivity index is 1.89. The Morgan fingerprint density at radius 2 is 2.22 bits per heavy atom. The van der Waals surface area contributed by atoms with Gasteiger partial charge in [-0.3, -0.25) is 14.3 Å². The lowest BCUT2D eigenvalue weighted by molar-refractivity contribution is -0.146. The van der Waals surface area contributed by atoms with Gasteiger partial charge in [-0.1, -0.05) is 6.42 Å². The summed E-state index contributed by atoms with van der Waals surface area (Å²) in [4.78, 5) is 26.9. The molecule has 0 bridgehead atoms. The number of carbonyl (C=O) groups excluding carboxylic acids is 1. The van der Waals surface area contributed by atoms with Crippen LogP contribution in [0.4, 0.5) is 0 Å². The summed E-state index contributed by atoms with van der Waals surface area (Å²) in [5.74, 6) is -1.56. The molecular formula is C11H16N4O3. The van der Waals surface area contributed by atoms with Crippen LogP contribution >= 0.6 is 0 Å². The molecule has 0 radical (unpaired) electrons. The molecule has 0 aromatic carbocycles. The average molecular weight is 252 g/mol. The second kappa shape index (κ2) is 5.16. The van der Waals surface area contributed by atoms with Crippen LogP contribution in [0.5, 0.6) is 0 Å². The fraction of sp³-hybridized carbons (Fsp3) is 0.636. The van der Waals surface area contributed by atoms with E-state index in [-0.39, 0.29) is 12.5 Å². The van der Waals surface area contributed by atoms with Gasteiger partial charge in [0.05, 0.1) is 18.4 Å². The Bertz CT molecular complexity index is 457. The highest BCUT2D eigenvalue weighted by molar-refractivity contribution is 5.85. The molecule has 0 unspecified atom stereocenters. The first-order valence-corrected chi connectivity index (χ1v) is 5.93. The van der Waals surface area contributed by atoms with Gasteiger partial charge in [-0.15, -0.1) is 0 Å². The number of nitrogens with zero attached hydrogens (tertiary/aromatic N) is 3. The molecule has 1 amide bonds. The molecule has 1 aromatic heterocycles. The molecule has 1 saturated carbocycles. The Labute approximate surface area is 104 Å². The van der Waals surface area contributed by atoms with E-state index < -0.39 is 17.8 Å². The maximum Gasteiger partial charge on any atom is 0.307 e. The van der Waals surface area contributed by atoms with Gasteiger partial charge in [-0.25, -0.2) is 4.98 Å². The zero-order chi connectivity index (χ0) is 13.1. The third-order valence-electron chi connectivity index (χ3n) is 3.24. The average Bonchev–Trinajstić information content (AvgIpc) is 2.94. The Kier molecular flexibility index (Phi) is 3.59. The number of aryl methyl sites for hydroxylation is 1. The Morgan fingerprint density at radius 3 is 2.83 bits per heavy atom. The van der Waals surface area contributed by atoms with Crippen LogP contribution in [0.25, 0.3) is 0 Å². The van der Waals surface area contributed by atoms with Gasteiger partial charge in [0.25, 0.3) is 0 Å². The number of hydrogen-bond donors (Lipinski definition) is 2. The van der Waals surface area contributed by atoms with Crippen molar-refractivity contribution in [3.05, 3.63) is 12.2 Å². The molecule has 1 heterocycles. The van der Waals surface area contributed by atoms with Crippen LogP contribution in [-0.2, 0) is 23.2 Å². The van der Waals surface area contributed by atoms with Crippen LogP contribution in [-0.4, -0.2) is 31.7 Å². The van der Waals surface area contributed by atoms with Gasteiger partial charge in [0, 0.05) is 7.05 Å². The summed E-state index contributed by atoms with van der Waals surface area (Å²) in [6.45, 7) is 0.239. The number of carbonyl (C=O) groups is 2. The number of carboxylic acids is 1. The smallest absolute Gasteiger partial charge is 0.307 e. The van der Waals surface area contributed by atoms with E-state index >= 15 is 0 Å². The summed E-state index contributed by atoms with van der Waals surface area (Å²) in [7, 11) is 1.75. The van der Waals surface area contributed by atoms with Crippen LogP contribution in [0, 0.1) is 11.8 Å². The summed E-state index contributed by atoms with van der Waals surface area (Å²) in [6.07, 6.45) is 3.56. The Hall–Kier alpha value is -1.92. The summed E-state index contributed by atoms with van der Waals surface area (Å²) in [6, 6.07) is 0. The molecule has 7 heteroatoms. The molecule has 1 fully saturated rings. The molecule has 2 rings (SSSR count). The van der Waals surface area contributed by atoms with Crippen LogP contribution in [0.3, 0.4) is 0 Å². The van der Waals surface area contributed by atoms with Crippen molar-refractivity contribution in [1.82, 2.24) is 20.1 Å². The van der Waals surface area contributed by atoms with E-state index in [1.165, 1.54) is 0 Å². The van der Waals surface area contributed by atoms with E-state index in [4.69, 9.17) is 5.11 Å². The summed E-state index contributed by atoms with van der Waals surface area (Å²) >= 11 is 0. The lowest BCUT2D eigenvalue weighted by Gasteiger charge is -2.14. The zero-order valence-corrected chi connectivity index (χ0v) is 10.2. The largest absolute Gasteiger partial charge is 0.481 e. The lowest BCUT2D eigenvalue weighted by atomic mass is 9.95. The van der Waals surface area contributed by atoms with Crippen molar-refractivity contribution in [2.24, 2.45) is 18.9 Å². The van der Waals surface area contributed by atoms with E-state index in [1.807, 2.05) is 0 Å². The molecule has 98 valence electrons.